The van der Waals surface area contributed by atoms with Crippen molar-refractivity contribution in [1.29, 1.82) is 0 Å². The van der Waals surface area contributed by atoms with Crippen molar-refractivity contribution >= 4 is 5.91 Å². The summed E-state index contributed by atoms with van der Waals surface area (Å²) in [5, 5.41) is 10.4. The van der Waals surface area contributed by atoms with Gasteiger partial charge in [0, 0.05) is 13.0 Å². The Labute approximate surface area is 79.3 Å². The Kier molecular flexibility index (Phi) is 3.04. The smallest absolute Gasteiger partial charge is 0.396 e. The Hall–Kier alpha value is -0.780. The molecular formula is C8H12F3NO2. The van der Waals surface area contributed by atoms with E-state index in [0.717, 1.165) is 0 Å². The van der Waals surface area contributed by atoms with Gasteiger partial charge in [-0.25, -0.2) is 0 Å². The lowest BCUT2D eigenvalue weighted by atomic mass is 10.2. The lowest BCUT2D eigenvalue weighted by molar-refractivity contribution is -0.170. The van der Waals surface area contributed by atoms with E-state index in [1.807, 2.05) is 5.32 Å². The van der Waals surface area contributed by atoms with Crippen LogP contribution in [0.5, 0.6) is 0 Å². The van der Waals surface area contributed by atoms with Crippen molar-refractivity contribution in [2.24, 2.45) is 0 Å². The molecule has 0 heterocycles. The van der Waals surface area contributed by atoms with Gasteiger partial charge in [-0.3, -0.25) is 4.79 Å². The number of nitrogens with one attached hydrogen (secondary N) is 1. The number of aliphatic hydroxyl groups is 1. The molecule has 1 saturated carbocycles. The molecule has 1 fully saturated rings. The second-order valence-electron chi connectivity index (χ2n) is 3.46. The molecule has 0 aromatic rings. The van der Waals surface area contributed by atoms with E-state index < -0.39 is 17.6 Å². The van der Waals surface area contributed by atoms with Crippen LogP contribution < -0.4 is 5.32 Å². The fourth-order valence-corrected chi connectivity index (χ4v) is 1.17. The summed E-state index contributed by atoms with van der Waals surface area (Å²) in [6.45, 7) is -0.188. The van der Waals surface area contributed by atoms with Crippen molar-refractivity contribution in [3.8, 4) is 0 Å². The number of carbonyl (C=O) groups excluding carboxylic acids is 1. The lowest BCUT2D eigenvalue weighted by Crippen LogP contribution is -2.47. The molecule has 2 N–H and O–H groups in total. The summed E-state index contributed by atoms with van der Waals surface area (Å²) in [4.78, 5) is 11.0. The van der Waals surface area contributed by atoms with Crippen molar-refractivity contribution in [3.05, 3.63) is 0 Å². The lowest BCUT2D eigenvalue weighted by Gasteiger charge is -2.20. The average Bonchev–Trinajstić information content (AvgIpc) is 2.80. The van der Waals surface area contributed by atoms with Crippen molar-refractivity contribution < 1.29 is 23.1 Å². The maximum atomic E-state index is 12.3. The molecule has 1 aliphatic rings. The third-order valence-electron chi connectivity index (χ3n) is 2.23. The van der Waals surface area contributed by atoms with E-state index in [9.17, 15) is 18.0 Å². The molecule has 6 heteroatoms. The van der Waals surface area contributed by atoms with Crippen molar-refractivity contribution in [3.63, 3.8) is 0 Å². The molecule has 0 aliphatic heterocycles. The number of hydrogen-bond donors (Lipinski definition) is 2. The molecular weight excluding hydrogens is 199 g/mol. The number of rotatable bonds is 4. The SMILES string of the molecule is O=C(CCCO)NC1(C(F)(F)F)CC1. The third kappa shape index (κ3) is 2.37. The molecule has 0 saturated heterocycles. The van der Waals surface area contributed by atoms with Crippen molar-refractivity contribution in [2.45, 2.75) is 37.4 Å². The summed E-state index contributed by atoms with van der Waals surface area (Å²) in [6, 6.07) is 0. The first-order valence-electron chi connectivity index (χ1n) is 4.40. The quantitative estimate of drug-likeness (QED) is 0.728. The molecule has 0 aromatic heterocycles. The molecule has 1 amide bonds. The zero-order valence-electron chi connectivity index (χ0n) is 7.52. The highest BCUT2D eigenvalue weighted by Gasteiger charge is 2.64. The van der Waals surface area contributed by atoms with Gasteiger partial charge < -0.3 is 10.4 Å². The summed E-state index contributed by atoms with van der Waals surface area (Å²) in [6.07, 6.45) is -4.31. The minimum absolute atomic E-state index is 0.0403. The highest BCUT2D eigenvalue weighted by Crippen LogP contribution is 2.48. The highest BCUT2D eigenvalue weighted by atomic mass is 19.4. The Morgan fingerprint density at radius 3 is 2.36 bits per heavy atom. The first-order chi connectivity index (χ1) is 6.41. The third-order valence-corrected chi connectivity index (χ3v) is 2.23. The summed E-state index contributed by atoms with van der Waals surface area (Å²) < 4.78 is 36.9. The fourth-order valence-electron chi connectivity index (χ4n) is 1.17. The van der Waals surface area contributed by atoms with Gasteiger partial charge in [-0.1, -0.05) is 0 Å². The van der Waals surface area contributed by atoms with Gasteiger partial charge in [0.05, 0.1) is 0 Å². The predicted molar refractivity (Wildman–Crippen MR) is 42.5 cm³/mol. The minimum Gasteiger partial charge on any atom is -0.396 e. The summed E-state index contributed by atoms with van der Waals surface area (Å²) in [5.41, 5.74) is -1.97. The molecule has 0 bridgehead atoms. The molecule has 82 valence electrons. The molecule has 1 rings (SSSR count). The largest absolute Gasteiger partial charge is 0.411 e. The number of alkyl halides is 3. The normalized spacial score (nSPS) is 19.1. The second kappa shape index (κ2) is 3.76. The molecule has 0 aromatic carbocycles. The van der Waals surface area contributed by atoms with E-state index >= 15 is 0 Å². The monoisotopic (exact) mass is 211 g/mol. The van der Waals surface area contributed by atoms with Crippen LogP contribution in [0, 0.1) is 0 Å². The van der Waals surface area contributed by atoms with Gasteiger partial charge in [-0.05, 0) is 19.3 Å². The molecule has 1 aliphatic carbocycles. The van der Waals surface area contributed by atoms with Crippen LogP contribution in [-0.4, -0.2) is 29.3 Å². The Morgan fingerprint density at radius 1 is 1.43 bits per heavy atom. The van der Waals surface area contributed by atoms with Crippen LogP contribution in [0.3, 0.4) is 0 Å². The molecule has 3 nitrogen and oxygen atoms in total. The van der Waals surface area contributed by atoms with Gasteiger partial charge in [-0.2, -0.15) is 13.2 Å². The van der Waals surface area contributed by atoms with Gasteiger partial charge in [0.15, 0.2) is 0 Å². The zero-order valence-corrected chi connectivity index (χ0v) is 7.52. The number of hydrogen-bond acceptors (Lipinski definition) is 2. The molecule has 14 heavy (non-hydrogen) atoms. The highest BCUT2D eigenvalue weighted by molar-refractivity contribution is 5.77. The Balaban J connectivity index is 2.40. The predicted octanol–water partition coefficient (Wildman–Crippen LogP) is 0.970. The molecule has 0 spiro atoms. The van der Waals surface area contributed by atoms with Gasteiger partial charge in [0.25, 0.3) is 0 Å². The number of carbonyl (C=O) groups is 1. The summed E-state index contributed by atoms with van der Waals surface area (Å²) in [5.74, 6) is -0.645. The van der Waals surface area contributed by atoms with Gasteiger partial charge in [0.1, 0.15) is 5.54 Å². The Morgan fingerprint density at radius 2 is 2.00 bits per heavy atom. The van der Waals surface area contributed by atoms with Crippen molar-refractivity contribution in [2.75, 3.05) is 6.61 Å². The Bertz CT molecular complexity index is 223. The van der Waals surface area contributed by atoms with Crippen LogP contribution in [0.25, 0.3) is 0 Å². The van der Waals surface area contributed by atoms with E-state index in [1.165, 1.54) is 0 Å². The van der Waals surface area contributed by atoms with Gasteiger partial charge >= 0.3 is 6.18 Å². The molecule has 0 unspecified atom stereocenters. The van der Waals surface area contributed by atoms with Crippen LogP contribution in [0.1, 0.15) is 25.7 Å². The van der Waals surface area contributed by atoms with E-state index in [0.29, 0.717) is 0 Å². The van der Waals surface area contributed by atoms with Gasteiger partial charge in [-0.15, -0.1) is 0 Å². The fraction of sp³-hybridized carbons (Fsp3) is 0.875. The van der Waals surface area contributed by atoms with E-state index in [2.05, 4.69) is 0 Å². The van der Waals surface area contributed by atoms with Crippen LogP contribution >= 0.6 is 0 Å². The van der Waals surface area contributed by atoms with Crippen LogP contribution in [0.2, 0.25) is 0 Å². The maximum Gasteiger partial charge on any atom is 0.411 e. The topological polar surface area (TPSA) is 49.3 Å². The van der Waals surface area contributed by atoms with Crippen molar-refractivity contribution in [1.82, 2.24) is 5.32 Å². The van der Waals surface area contributed by atoms with Gasteiger partial charge in [0.2, 0.25) is 5.91 Å². The van der Waals surface area contributed by atoms with E-state index in [1.54, 1.807) is 0 Å². The standard InChI is InChI=1S/C8H12F3NO2/c9-8(10,11)7(3-4-7)12-6(14)2-1-5-13/h13H,1-5H2,(H,12,14). The van der Waals surface area contributed by atoms with Crippen LogP contribution in [0.4, 0.5) is 13.2 Å². The molecule has 0 atom stereocenters. The second-order valence-corrected chi connectivity index (χ2v) is 3.46. The van der Waals surface area contributed by atoms with Crippen LogP contribution in [0.15, 0.2) is 0 Å². The number of halogens is 3. The average molecular weight is 211 g/mol. The summed E-state index contributed by atoms with van der Waals surface area (Å²) in [7, 11) is 0. The number of amides is 1. The van der Waals surface area contributed by atoms with E-state index in [-0.39, 0.29) is 32.3 Å². The first-order valence-corrected chi connectivity index (χ1v) is 4.40. The maximum absolute atomic E-state index is 12.3. The zero-order chi connectivity index (χ0) is 10.8. The molecule has 0 radical (unpaired) electrons. The van der Waals surface area contributed by atoms with Crippen LogP contribution in [-0.2, 0) is 4.79 Å². The number of aliphatic hydroxyl groups excluding tert-OH is 1. The first kappa shape index (κ1) is 11.3. The van der Waals surface area contributed by atoms with E-state index in [4.69, 9.17) is 5.11 Å². The summed E-state index contributed by atoms with van der Waals surface area (Å²) >= 11 is 0. The minimum atomic E-state index is -4.36.